The Labute approximate surface area is 91.8 Å². The molecule has 0 amide bonds. The molecule has 0 radical (unpaired) electrons. The molecular formula is C11H22N4. The monoisotopic (exact) mass is 210 g/mol. The molecule has 1 heterocycles. The number of aromatic nitrogens is 2. The predicted octanol–water partition coefficient (Wildman–Crippen LogP) is 1.60. The second-order valence-electron chi connectivity index (χ2n) is 5.30. The molecule has 0 atom stereocenters. The summed E-state index contributed by atoms with van der Waals surface area (Å²) in [5.74, 6) is 1.02. The highest BCUT2D eigenvalue weighted by molar-refractivity contribution is 5.33. The zero-order valence-electron chi connectivity index (χ0n) is 10.3. The first-order valence-corrected chi connectivity index (χ1v) is 5.25. The quantitative estimate of drug-likeness (QED) is 0.793. The molecule has 4 heteroatoms. The van der Waals surface area contributed by atoms with Gasteiger partial charge in [-0.1, -0.05) is 13.8 Å². The van der Waals surface area contributed by atoms with Gasteiger partial charge in [0, 0.05) is 25.2 Å². The van der Waals surface area contributed by atoms with E-state index in [0.29, 0.717) is 0 Å². The van der Waals surface area contributed by atoms with Crippen LogP contribution in [0, 0.1) is 5.41 Å². The predicted molar refractivity (Wildman–Crippen MR) is 63.7 cm³/mol. The van der Waals surface area contributed by atoms with E-state index in [2.05, 4.69) is 38.1 Å². The molecule has 0 saturated heterocycles. The number of aryl methyl sites for hydroxylation is 1. The van der Waals surface area contributed by atoms with Crippen LogP contribution < -0.4 is 11.1 Å². The summed E-state index contributed by atoms with van der Waals surface area (Å²) in [4.78, 5) is 0. The van der Waals surface area contributed by atoms with Gasteiger partial charge in [-0.15, -0.1) is 0 Å². The summed E-state index contributed by atoms with van der Waals surface area (Å²) >= 11 is 0. The Morgan fingerprint density at radius 2 is 2.00 bits per heavy atom. The van der Waals surface area contributed by atoms with E-state index < -0.39 is 0 Å². The van der Waals surface area contributed by atoms with Crippen LogP contribution in [0.15, 0.2) is 12.3 Å². The minimum absolute atomic E-state index is 0.0251. The maximum atomic E-state index is 6.13. The lowest BCUT2D eigenvalue weighted by Gasteiger charge is -2.38. The van der Waals surface area contributed by atoms with Crippen molar-refractivity contribution in [1.29, 1.82) is 0 Å². The van der Waals surface area contributed by atoms with Crippen molar-refractivity contribution in [2.75, 3.05) is 11.9 Å². The molecule has 86 valence electrons. The van der Waals surface area contributed by atoms with Gasteiger partial charge < -0.3 is 11.1 Å². The van der Waals surface area contributed by atoms with Gasteiger partial charge in [0.15, 0.2) is 0 Å². The average Bonchev–Trinajstić information content (AvgIpc) is 2.46. The van der Waals surface area contributed by atoms with E-state index in [1.807, 2.05) is 17.8 Å². The molecule has 0 aliphatic carbocycles. The highest BCUT2D eigenvalue weighted by atomic mass is 15.3. The van der Waals surface area contributed by atoms with Gasteiger partial charge in [-0.3, -0.25) is 4.68 Å². The number of nitrogens with two attached hydrogens (primary N) is 1. The molecule has 0 fully saturated rings. The smallest absolute Gasteiger partial charge is 0.123 e. The summed E-state index contributed by atoms with van der Waals surface area (Å²) in [5, 5.41) is 7.46. The van der Waals surface area contributed by atoms with E-state index in [9.17, 15) is 0 Å². The van der Waals surface area contributed by atoms with Gasteiger partial charge in [-0.2, -0.15) is 5.10 Å². The average molecular weight is 210 g/mol. The zero-order chi connectivity index (χ0) is 11.7. The second-order valence-corrected chi connectivity index (χ2v) is 5.30. The first-order valence-electron chi connectivity index (χ1n) is 5.25. The second kappa shape index (κ2) is 3.85. The molecular weight excluding hydrogens is 188 g/mol. The summed E-state index contributed by atoms with van der Waals surface area (Å²) in [6.45, 7) is 9.26. The molecule has 0 aliphatic rings. The van der Waals surface area contributed by atoms with Gasteiger partial charge in [-0.25, -0.2) is 0 Å². The maximum absolute atomic E-state index is 6.13. The van der Waals surface area contributed by atoms with Crippen molar-refractivity contribution in [2.45, 2.75) is 33.2 Å². The summed E-state index contributed by atoms with van der Waals surface area (Å²) in [5.41, 5.74) is 5.94. The third kappa shape index (κ3) is 2.72. The summed E-state index contributed by atoms with van der Waals surface area (Å²) in [6, 6.07) is 1.96. The number of nitrogens with zero attached hydrogens (tertiary/aromatic N) is 2. The fourth-order valence-corrected chi connectivity index (χ4v) is 1.09. The van der Waals surface area contributed by atoms with Crippen LogP contribution in [0.2, 0.25) is 0 Å². The molecule has 0 aromatic carbocycles. The SMILES string of the molecule is Cn1nccc1NCC(C)(C)C(C)(C)N. The van der Waals surface area contributed by atoms with Crippen LogP contribution in [0.25, 0.3) is 0 Å². The van der Waals surface area contributed by atoms with E-state index in [1.165, 1.54) is 0 Å². The van der Waals surface area contributed by atoms with Crippen molar-refractivity contribution in [1.82, 2.24) is 9.78 Å². The number of hydrogen-bond acceptors (Lipinski definition) is 3. The van der Waals surface area contributed by atoms with Crippen molar-refractivity contribution in [3.05, 3.63) is 12.3 Å². The largest absolute Gasteiger partial charge is 0.370 e. The highest BCUT2D eigenvalue weighted by Crippen LogP contribution is 2.28. The third-order valence-electron chi connectivity index (χ3n) is 3.28. The molecule has 0 aliphatic heterocycles. The summed E-state index contributed by atoms with van der Waals surface area (Å²) in [6.07, 6.45) is 1.78. The Morgan fingerprint density at radius 3 is 2.40 bits per heavy atom. The zero-order valence-corrected chi connectivity index (χ0v) is 10.3. The molecule has 0 bridgehead atoms. The van der Waals surface area contributed by atoms with Gasteiger partial charge in [0.05, 0.1) is 6.20 Å². The van der Waals surface area contributed by atoms with E-state index >= 15 is 0 Å². The molecule has 1 aromatic rings. The van der Waals surface area contributed by atoms with Crippen LogP contribution >= 0.6 is 0 Å². The number of nitrogens with one attached hydrogen (secondary N) is 1. The Hall–Kier alpha value is -1.03. The van der Waals surface area contributed by atoms with Crippen LogP contribution in [0.4, 0.5) is 5.82 Å². The van der Waals surface area contributed by atoms with Gasteiger partial charge in [0.2, 0.25) is 0 Å². The van der Waals surface area contributed by atoms with Crippen LogP contribution in [-0.4, -0.2) is 21.9 Å². The van der Waals surface area contributed by atoms with Crippen molar-refractivity contribution in [3.63, 3.8) is 0 Å². The van der Waals surface area contributed by atoms with Crippen LogP contribution in [0.1, 0.15) is 27.7 Å². The fraction of sp³-hybridized carbons (Fsp3) is 0.727. The van der Waals surface area contributed by atoms with Crippen LogP contribution in [0.3, 0.4) is 0 Å². The first-order chi connectivity index (χ1) is 6.74. The van der Waals surface area contributed by atoms with Crippen LogP contribution in [0.5, 0.6) is 0 Å². The standard InChI is InChI=1S/C11H22N4/c1-10(2,11(3,4)12)8-13-9-6-7-14-15(9)5/h6-7,13H,8,12H2,1-5H3. The van der Waals surface area contributed by atoms with Crippen molar-refractivity contribution in [2.24, 2.45) is 18.2 Å². The lowest BCUT2D eigenvalue weighted by atomic mass is 9.75. The molecule has 15 heavy (non-hydrogen) atoms. The van der Waals surface area contributed by atoms with E-state index in [4.69, 9.17) is 5.73 Å². The van der Waals surface area contributed by atoms with Gasteiger partial charge >= 0.3 is 0 Å². The fourth-order valence-electron chi connectivity index (χ4n) is 1.09. The highest BCUT2D eigenvalue weighted by Gasteiger charge is 2.33. The molecule has 1 aromatic heterocycles. The summed E-state index contributed by atoms with van der Waals surface area (Å²) in [7, 11) is 1.92. The molecule has 4 nitrogen and oxygen atoms in total. The minimum Gasteiger partial charge on any atom is -0.370 e. The van der Waals surface area contributed by atoms with E-state index in [0.717, 1.165) is 12.4 Å². The molecule has 0 spiro atoms. The summed E-state index contributed by atoms with van der Waals surface area (Å²) < 4.78 is 1.82. The minimum atomic E-state index is -0.210. The normalized spacial score (nSPS) is 12.9. The van der Waals surface area contributed by atoms with Crippen molar-refractivity contribution >= 4 is 5.82 Å². The van der Waals surface area contributed by atoms with Crippen molar-refractivity contribution < 1.29 is 0 Å². The lowest BCUT2D eigenvalue weighted by Crippen LogP contribution is -2.50. The maximum Gasteiger partial charge on any atom is 0.123 e. The molecule has 1 rings (SSSR count). The number of hydrogen-bond donors (Lipinski definition) is 2. The Morgan fingerprint density at radius 1 is 1.40 bits per heavy atom. The number of anilines is 1. The van der Waals surface area contributed by atoms with Gasteiger partial charge in [0.1, 0.15) is 5.82 Å². The Bertz CT molecular complexity index is 320. The van der Waals surface area contributed by atoms with E-state index in [1.54, 1.807) is 6.20 Å². The Kier molecular flexibility index (Phi) is 3.09. The van der Waals surface area contributed by atoms with E-state index in [-0.39, 0.29) is 11.0 Å². The van der Waals surface area contributed by atoms with Gasteiger partial charge in [0.25, 0.3) is 0 Å². The first kappa shape index (κ1) is 12.0. The molecule has 3 N–H and O–H groups in total. The number of rotatable bonds is 4. The molecule has 0 unspecified atom stereocenters. The van der Waals surface area contributed by atoms with Crippen LogP contribution in [-0.2, 0) is 7.05 Å². The lowest BCUT2D eigenvalue weighted by molar-refractivity contribution is 0.219. The molecule has 0 saturated carbocycles. The third-order valence-corrected chi connectivity index (χ3v) is 3.28. The van der Waals surface area contributed by atoms with Gasteiger partial charge in [-0.05, 0) is 19.3 Å². The topological polar surface area (TPSA) is 55.9 Å². The van der Waals surface area contributed by atoms with Crippen molar-refractivity contribution in [3.8, 4) is 0 Å². The Balaban J connectivity index is 2.61.